The largest absolute Gasteiger partial charge is 0.466 e. The molecule has 0 aliphatic carbocycles. The standard InChI is InChI=1S/C16H31NO4/c1-5-9-11-14(13-15(18)20-7-3)17(12-10-6-2)16(19)21-8-4/h14H,5-13H2,1-4H3. The van der Waals surface area contributed by atoms with Gasteiger partial charge in [-0.1, -0.05) is 33.1 Å². The van der Waals surface area contributed by atoms with Crippen LogP contribution in [0, 0.1) is 0 Å². The van der Waals surface area contributed by atoms with Crippen LogP contribution in [-0.2, 0) is 14.3 Å². The van der Waals surface area contributed by atoms with E-state index < -0.39 is 0 Å². The number of rotatable bonds is 11. The Morgan fingerprint density at radius 1 is 0.952 bits per heavy atom. The maximum Gasteiger partial charge on any atom is 0.410 e. The highest BCUT2D eigenvalue weighted by Crippen LogP contribution is 2.16. The molecular formula is C16H31NO4. The molecule has 0 aromatic heterocycles. The smallest absolute Gasteiger partial charge is 0.410 e. The summed E-state index contributed by atoms with van der Waals surface area (Å²) in [6.45, 7) is 9.11. The first-order chi connectivity index (χ1) is 10.1. The molecule has 0 rings (SSSR count). The molecule has 1 amide bonds. The maximum atomic E-state index is 12.1. The third-order valence-corrected chi connectivity index (χ3v) is 3.29. The Balaban J connectivity index is 4.86. The molecule has 0 heterocycles. The zero-order chi connectivity index (χ0) is 16.1. The number of esters is 1. The number of unbranched alkanes of at least 4 members (excludes halogenated alkanes) is 2. The van der Waals surface area contributed by atoms with Crippen LogP contribution in [0.5, 0.6) is 0 Å². The highest BCUT2D eigenvalue weighted by atomic mass is 16.6. The molecule has 0 bridgehead atoms. The average Bonchev–Trinajstić information content (AvgIpc) is 2.45. The second kappa shape index (κ2) is 12.5. The summed E-state index contributed by atoms with van der Waals surface area (Å²) >= 11 is 0. The molecule has 5 nitrogen and oxygen atoms in total. The van der Waals surface area contributed by atoms with Gasteiger partial charge in [0.15, 0.2) is 0 Å². The third-order valence-electron chi connectivity index (χ3n) is 3.29. The summed E-state index contributed by atoms with van der Waals surface area (Å²) < 4.78 is 10.2. The van der Waals surface area contributed by atoms with E-state index in [9.17, 15) is 9.59 Å². The minimum Gasteiger partial charge on any atom is -0.466 e. The lowest BCUT2D eigenvalue weighted by Gasteiger charge is -2.30. The van der Waals surface area contributed by atoms with E-state index in [0.717, 1.165) is 32.1 Å². The van der Waals surface area contributed by atoms with Crippen LogP contribution in [0.2, 0.25) is 0 Å². The molecule has 0 saturated heterocycles. The van der Waals surface area contributed by atoms with Crippen molar-refractivity contribution >= 4 is 12.1 Å². The zero-order valence-electron chi connectivity index (χ0n) is 14.0. The second-order valence-corrected chi connectivity index (χ2v) is 5.05. The molecule has 0 N–H and O–H groups in total. The number of hydrogen-bond acceptors (Lipinski definition) is 4. The van der Waals surface area contributed by atoms with E-state index in [-0.39, 0.29) is 24.5 Å². The highest BCUT2D eigenvalue weighted by molar-refractivity contribution is 5.72. The van der Waals surface area contributed by atoms with Crippen LogP contribution >= 0.6 is 0 Å². The van der Waals surface area contributed by atoms with E-state index in [0.29, 0.717) is 19.8 Å². The van der Waals surface area contributed by atoms with Gasteiger partial charge in [0, 0.05) is 12.6 Å². The predicted octanol–water partition coefficient (Wildman–Crippen LogP) is 3.76. The van der Waals surface area contributed by atoms with E-state index in [1.165, 1.54) is 0 Å². The number of carbonyl (C=O) groups is 2. The molecule has 0 aliphatic heterocycles. The zero-order valence-corrected chi connectivity index (χ0v) is 14.0. The van der Waals surface area contributed by atoms with Gasteiger partial charge in [-0.3, -0.25) is 4.79 Å². The third kappa shape index (κ3) is 8.58. The molecule has 0 radical (unpaired) electrons. The number of carbonyl (C=O) groups excluding carboxylic acids is 2. The summed E-state index contributed by atoms with van der Waals surface area (Å²) in [5.74, 6) is -0.246. The van der Waals surface area contributed by atoms with Gasteiger partial charge in [0.2, 0.25) is 0 Å². The molecular weight excluding hydrogens is 270 g/mol. The molecule has 1 atom stereocenters. The van der Waals surface area contributed by atoms with Gasteiger partial charge in [-0.05, 0) is 26.7 Å². The summed E-state index contributed by atoms with van der Waals surface area (Å²) in [6, 6.07) is -0.130. The average molecular weight is 301 g/mol. The van der Waals surface area contributed by atoms with Crippen molar-refractivity contribution in [3.8, 4) is 0 Å². The maximum absolute atomic E-state index is 12.1. The molecule has 1 unspecified atom stereocenters. The van der Waals surface area contributed by atoms with Gasteiger partial charge < -0.3 is 14.4 Å². The summed E-state index contributed by atoms with van der Waals surface area (Å²) in [5, 5.41) is 0. The lowest BCUT2D eigenvalue weighted by Crippen LogP contribution is -2.42. The second-order valence-electron chi connectivity index (χ2n) is 5.05. The molecule has 0 aliphatic rings. The monoisotopic (exact) mass is 301 g/mol. The van der Waals surface area contributed by atoms with Crippen molar-refractivity contribution < 1.29 is 19.1 Å². The van der Waals surface area contributed by atoms with E-state index in [2.05, 4.69) is 13.8 Å². The van der Waals surface area contributed by atoms with Crippen LogP contribution in [0.15, 0.2) is 0 Å². The summed E-state index contributed by atoms with van der Waals surface area (Å²) in [5.41, 5.74) is 0. The van der Waals surface area contributed by atoms with E-state index in [4.69, 9.17) is 9.47 Å². The minimum atomic E-state index is -0.323. The van der Waals surface area contributed by atoms with Crippen LogP contribution in [0.3, 0.4) is 0 Å². The fourth-order valence-corrected chi connectivity index (χ4v) is 2.18. The van der Waals surface area contributed by atoms with E-state index in [1.807, 2.05) is 0 Å². The van der Waals surface area contributed by atoms with Crippen LogP contribution in [0.25, 0.3) is 0 Å². The molecule has 0 aromatic carbocycles. The van der Waals surface area contributed by atoms with Gasteiger partial charge >= 0.3 is 12.1 Å². The van der Waals surface area contributed by atoms with Gasteiger partial charge in [-0.2, -0.15) is 0 Å². The molecule has 0 fully saturated rings. The van der Waals surface area contributed by atoms with Gasteiger partial charge in [-0.15, -0.1) is 0 Å². The van der Waals surface area contributed by atoms with Crippen LogP contribution in [0.1, 0.15) is 66.2 Å². The lowest BCUT2D eigenvalue weighted by molar-refractivity contribution is -0.144. The van der Waals surface area contributed by atoms with Crippen molar-refractivity contribution in [2.75, 3.05) is 19.8 Å². The van der Waals surface area contributed by atoms with Gasteiger partial charge in [0.25, 0.3) is 0 Å². The Morgan fingerprint density at radius 3 is 2.10 bits per heavy atom. The Labute approximate surface area is 129 Å². The molecule has 0 spiro atoms. The van der Waals surface area contributed by atoms with Gasteiger partial charge in [0.1, 0.15) is 0 Å². The number of nitrogens with zero attached hydrogens (tertiary/aromatic N) is 1. The molecule has 5 heteroatoms. The lowest BCUT2D eigenvalue weighted by atomic mass is 10.0. The van der Waals surface area contributed by atoms with Gasteiger partial charge in [0.05, 0.1) is 19.6 Å². The Morgan fingerprint density at radius 2 is 1.57 bits per heavy atom. The van der Waals surface area contributed by atoms with Crippen molar-refractivity contribution in [1.29, 1.82) is 0 Å². The first kappa shape index (κ1) is 19.7. The van der Waals surface area contributed by atoms with Crippen molar-refractivity contribution in [3.63, 3.8) is 0 Å². The van der Waals surface area contributed by atoms with Gasteiger partial charge in [-0.25, -0.2) is 4.79 Å². The summed E-state index contributed by atoms with van der Waals surface area (Å²) in [6.07, 6.45) is 4.64. The number of ether oxygens (including phenoxy) is 2. The first-order valence-electron chi connectivity index (χ1n) is 8.19. The van der Waals surface area contributed by atoms with Crippen LogP contribution in [0.4, 0.5) is 4.79 Å². The number of amides is 1. The predicted molar refractivity (Wildman–Crippen MR) is 83.2 cm³/mol. The van der Waals surface area contributed by atoms with Crippen molar-refractivity contribution in [3.05, 3.63) is 0 Å². The van der Waals surface area contributed by atoms with Crippen molar-refractivity contribution in [1.82, 2.24) is 4.90 Å². The summed E-state index contributed by atoms with van der Waals surface area (Å²) in [4.78, 5) is 25.6. The van der Waals surface area contributed by atoms with E-state index in [1.54, 1.807) is 18.7 Å². The molecule has 21 heavy (non-hydrogen) atoms. The van der Waals surface area contributed by atoms with Crippen molar-refractivity contribution in [2.24, 2.45) is 0 Å². The molecule has 124 valence electrons. The minimum absolute atomic E-state index is 0.130. The topological polar surface area (TPSA) is 55.8 Å². The van der Waals surface area contributed by atoms with Crippen molar-refractivity contribution in [2.45, 2.75) is 72.3 Å². The molecule has 0 saturated carbocycles. The summed E-state index contributed by atoms with van der Waals surface area (Å²) in [7, 11) is 0. The van der Waals surface area contributed by atoms with Crippen LogP contribution in [-0.4, -0.2) is 42.8 Å². The Hall–Kier alpha value is -1.26. The SMILES string of the molecule is CCCCC(CC(=O)OCC)N(CCCC)C(=O)OCC. The Bertz CT molecular complexity index is 294. The highest BCUT2D eigenvalue weighted by Gasteiger charge is 2.26. The quantitative estimate of drug-likeness (QED) is 0.545. The fourth-order valence-electron chi connectivity index (χ4n) is 2.18. The van der Waals surface area contributed by atoms with E-state index >= 15 is 0 Å². The molecule has 0 aromatic rings. The first-order valence-corrected chi connectivity index (χ1v) is 8.19. The normalized spacial score (nSPS) is 11.8. The van der Waals surface area contributed by atoms with Crippen LogP contribution < -0.4 is 0 Å². The fraction of sp³-hybridized carbons (Fsp3) is 0.875. The number of hydrogen-bond donors (Lipinski definition) is 0. The Kier molecular flexibility index (Phi) is 11.7.